The lowest BCUT2D eigenvalue weighted by Crippen LogP contribution is -2.67. The van der Waals surface area contributed by atoms with E-state index in [0.717, 1.165) is 5.56 Å². The highest BCUT2D eigenvalue weighted by Crippen LogP contribution is 2.23. The molecule has 0 saturated carbocycles. The SMILES string of the molecule is C[C@H](O)C(=O)N[C@H]1CCN2C(=O)[C@@H](Cc3ccc(Cl)cc3)NC(=O)[C@@H]2C1. The molecule has 26 heavy (non-hydrogen) atoms. The maximum absolute atomic E-state index is 12.8. The van der Waals surface area contributed by atoms with E-state index in [2.05, 4.69) is 10.6 Å². The molecule has 0 aromatic heterocycles. The molecule has 140 valence electrons. The summed E-state index contributed by atoms with van der Waals surface area (Å²) >= 11 is 5.88. The Morgan fingerprint density at radius 2 is 2.08 bits per heavy atom. The Bertz CT molecular complexity index is 707. The standard InChI is InChI=1S/C18H22ClN3O4/c1-10(23)16(24)20-13-6-7-22-15(9-13)17(25)21-14(18(22)26)8-11-2-4-12(19)5-3-11/h2-5,10,13-15,23H,6-9H2,1H3,(H,20,24)(H,21,25)/t10-,13-,14+,15-/m0/s1. The Morgan fingerprint density at radius 1 is 1.38 bits per heavy atom. The molecule has 3 rings (SSSR count). The lowest BCUT2D eigenvalue weighted by atomic mass is 9.91. The van der Waals surface area contributed by atoms with Gasteiger partial charge < -0.3 is 20.6 Å². The van der Waals surface area contributed by atoms with Crippen LogP contribution in [0.2, 0.25) is 5.02 Å². The zero-order chi connectivity index (χ0) is 18.8. The van der Waals surface area contributed by atoms with E-state index in [0.29, 0.717) is 30.8 Å². The number of halogens is 1. The van der Waals surface area contributed by atoms with E-state index in [1.807, 2.05) is 12.1 Å². The average molecular weight is 380 g/mol. The van der Waals surface area contributed by atoms with Gasteiger partial charge in [0, 0.05) is 24.0 Å². The Kier molecular flexibility index (Phi) is 5.48. The predicted octanol–water partition coefficient (Wildman–Crippen LogP) is 0.238. The van der Waals surface area contributed by atoms with Gasteiger partial charge in [-0.2, -0.15) is 0 Å². The highest BCUT2D eigenvalue weighted by Gasteiger charge is 2.44. The van der Waals surface area contributed by atoms with Gasteiger partial charge in [-0.05, 0) is 37.5 Å². The molecule has 8 heteroatoms. The maximum atomic E-state index is 12.8. The van der Waals surface area contributed by atoms with Gasteiger partial charge in [0.25, 0.3) is 0 Å². The molecule has 1 aromatic rings. The van der Waals surface area contributed by atoms with Crippen molar-refractivity contribution in [1.82, 2.24) is 15.5 Å². The molecule has 2 aliphatic rings. The van der Waals surface area contributed by atoms with Crippen molar-refractivity contribution in [3.8, 4) is 0 Å². The summed E-state index contributed by atoms with van der Waals surface area (Å²) in [6.07, 6.45) is 0.219. The second-order valence-corrected chi connectivity index (χ2v) is 7.28. The summed E-state index contributed by atoms with van der Waals surface area (Å²) in [7, 11) is 0. The van der Waals surface area contributed by atoms with Crippen molar-refractivity contribution < 1.29 is 19.5 Å². The topological polar surface area (TPSA) is 98.7 Å². The van der Waals surface area contributed by atoms with Crippen LogP contribution in [-0.2, 0) is 20.8 Å². The minimum Gasteiger partial charge on any atom is -0.384 e. The Hall–Kier alpha value is -2.12. The number of nitrogens with zero attached hydrogens (tertiary/aromatic N) is 1. The van der Waals surface area contributed by atoms with E-state index >= 15 is 0 Å². The summed E-state index contributed by atoms with van der Waals surface area (Å²) in [6.45, 7) is 1.79. The molecule has 2 heterocycles. The van der Waals surface area contributed by atoms with Crippen molar-refractivity contribution in [2.24, 2.45) is 0 Å². The number of rotatable bonds is 4. The number of amides is 3. The Morgan fingerprint density at radius 3 is 2.73 bits per heavy atom. The number of carbonyl (C=O) groups is 3. The van der Waals surface area contributed by atoms with Gasteiger partial charge in [0.2, 0.25) is 17.7 Å². The first-order chi connectivity index (χ1) is 12.3. The van der Waals surface area contributed by atoms with Crippen molar-refractivity contribution in [3.63, 3.8) is 0 Å². The number of piperidine rings is 1. The fraction of sp³-hybridized carbons (Fsp3) is 0.500. The van der Waals surface area contributed by atoms with Crippen LogP contribution in [0.1, 0.15) is 25.3 Å². The van der Waals surface area contributed by atoms with Crippen molar-refractivity contribution in [2.45, 2.75) is 50.4 Å². The summed E-state index contributed by atoms with van der Waals surface area (Å²) in [5.74, 6) is -0.781. The summed E-state index contributed by atoms with van der Waals surface area (Å²) in [6, 6.07) is 5.78. The van der Waals surface area contributed by atoms with Gasteiger partial charge in [0.1, 0.15) is 18.2 Å². The predicted molar refractivity (Wildman–Crippen MR) is 95.4 cm³/mol. The van der Waals surface area contributed by atoms with Gasteiger partial charge in [-0.1, -0.05) is 23.7 Å². The van der Waals surface area contributed by atoms with Crippen LogP contribution in [0, 0.1) is 0 Å². The molecule has 0 aliphatic carbocycles. The minimum absolute atomic E-state index is 0.107. The van der Waals surface area contributed by atoms with E-state index in [1.54, 1.807) is 17.0 Å². The first-order valence-corrected chi connectivity index (χ1v) is 9.06. The molecular weight excluding hydrogens is 358 g/mol. The van der Waals surface area contributed by atoms with Crippen LogP contribution >= 0.6 is 11.6 Å². The third-order valence-corrected chi connectivity index (χ3v) is 5.13. The summed E-state index contributed by atoms with van der Waals surface area (Å²) in [5, 5.41) is 15.4. The number of aliphatic hydroxyl groups is 1. The lowest BCUT2D eigenvalue weighted by Gasteiger charge is -2.44. The number of hydrogen-bond acceptors (Lipinski definition) is 4. The van der Waals surface area contributed by atoms with E-state index < -0.39 is 24.1 Å². The molecule has 4 atom stereocenters. The molecule has 2 fully saturated rings. The second-order valence-electron chi connectivity index (χ2n) is 6.85. The van der Waals surface area contributed by atoms with Crippen LogP contribution in [0.25, 0.3) is 0 Å². The first kappa shape index (κ1) is 18.7. The van der Waals surface area contributed by atoms with Crippen molar-refractivity contribution in [2.75, 3.05) is 6.54 Å². The third-order valence-electron chi connectivity index (χ3n) is 4.88. The summed E-state index contributed by atoms with van der Waals surface area (Å²) < 4.78 is 0. The Labute approximate surface area is 156 Å². The summed E-state index contributed by atoms with van der Waals surface area (Å²) in [5.41, 5.74) is 0.922. The zero-order valence-corrected chi connectivity index (χ0v) is 15.2. The van der Waals surface area contributed by atoms with E-state index in [9.17, 15) is 19.5 Å². The van der Waals surface area contributed by atoms with Gasteiger partial charge >= 0.3 is 0 Å². The number of aliphatic hydroxyl groups excluding tert-OH is 1. The molecule has 3 N–H and O–H groups in total. The summed E-state index contributed by atoms with van der Waals surface area (Å²) in [4.78, 5) is 38.5. The molecule has 7 nitrogen and oxygen atoms in total. The molecule has 0 unspecified atom stereocenters. The van der Waals surface area contributed by atoms with Crippen molar-refractivity contribution >= 4 is 29.3 Å². The molecule has 0 radical (unpaired) electrons. The number of piperazine rings is 1. The van der Waals surface area contributed by atoms with Crippen molar-refractivity contribution in [3.05, 3.63) is 34.9 Å². The lowest BCUT2D eigenvalue weighted by molar-refractivity contribution is -0.152. The molecule has 0 spiro atoms. The van der Waals surface area contributed by atoms with E-state index in [4.69, 9.17) is 11.6 Å². The van der Waals surface area contributed by atoms with Crippen molar-refractivity contribution in [1.29, 1.82) is 0 Å². The number of carbonyl (C=O) groups excluding carboxylic acids is 3. The third kappa shape index (κ3) is 3.99. The van der Waals surface area contributed by atoms with Gasteiger partial charge in [-0.3, -0.25) is 14.4 Å². The van der Waals surface area contributed by atoms with Crippen LogP contribution in [0.15, 0.2) is 24.3 Å². The fourth-order valence-corrected chi connectivity index (χ4v) is 3.58. The van der Waals surface area contributed by atoms with E-state index in [-0.39, 0.29) is 17.9 Å². The quantitative estimate of drug-likeness (QED) is 0.697. The van der Waals surface area contributed by atoms with Gasteiger partial charge in [-0.15, -0.1) is 0 Å². The number of benzene rings is 1. The number of hydrogen-bond donors (Lipinski definition) is 3. The molecule has 1 aromatic carbocycles. The van der Waals surface area contributed by atoms with Crippen LogP contribution in [0.4, 0.5) is 0 Å². The van der Waals surface area contributed by atoms with Crippen LogP contribution in [-0.4, -0.2) is 58.5 Å². The molecule has 3 amide bonds. The molecular formula is C18H22ClN3O4. The Balaban J connectivity index is 1.65. The largest absolute Gasteiger partial charge is 0.384 e. The van der Waals surface area contributed by atoms with Crippen LogP contribution in [0.5, 0.6) is 0 Å². The maximum Gasteiger partial charge on any atom is 0.248 e. The zero-order valence-electron chi connectivity index (χ0n) is 14.4. The highest BCUT2D eigenvalue weighted by atomic mass is 35.5. The fourth-order valence-electron chi connectivity index (χ4n) is 3.45. The highest BCUT2D eigenvalue weighted by molar-refractivity contribution is 6.30. The van der Waals surface area contributed by atoms with Crippen LogP contribution in [0.3, 0.4) is 0 Å². The van der Waals surface area contributed by atoms with Gasteiger partial charge in [0.05, 0.1) is 0 Å². The number of nitrogens with one attached hydrogen (secondary N) is 2. The average Bonchev–Trinajstić information content (AvgIpc) is 2.61. The monoisotopic (exact) mass is 379 g/mol. The molecule has 0 bridgehead atoms. The van der Waals surface area contributed by atoms with Gasteiger partial charge in [-0.25, -0.2) is 0 Å². The normalized spacial score (nSPS) is 26.7. The second kappa shape index (κ2) is 7.63. The van der Waals surface area contributed by atoms with Gasteiger partial charge in [0.15, 0.2) is 0 Å². The minimum atomic E-state index is -1.10. The van der Waals surface area contributed by atoms with Crippen LogP contribution < -0.4 is 10.6 Å². The molecule has 2 saturated heterocycles. The van der Waals surface area contributed by atoms with E-state index in [1.165, 1.54) is 6.92 Å². The first-order valence-electron chi connectivity index (χ1n) is 8.69. The number of fused-ring (bicyclic) bond motifs is 1. The smallest absolute Gasteiger partial charge is 0.248 e. The molecule has 2 aliphatic heterocycles.